The van der Waals surface area contributed by atoms with Crippen LogP contribution in [-0.2, 0) is 11.3 Å². The van der Waals surface area contributed by atoms with Crippen LogP contribution in [0, 0.1) is 5.92 Å². The molecule has 1 fully saturated rings. The van der Waals surface area contributed by atoms with Crippen LogP contribution in [0.5, 0.6) is 5.75 Å². The monoisotopic (exact) mass is 345 g/mol. The van der Waals surface area contributed by atoms with Gasteiger partial charge in [-0.25, -0.2) is 4.99 Å². The second-order valence-corrected chi connectivity index (χ2v) is 5.69. The van der Waals surface area contributed by atoms with Crippen LogP contribution in [0.25, 0.3) is 0 Å². The summed E-state index contributed by atoms with van der Waals surface area (Å²) in [5.41, 5.74) is 6.47. The quantitative estimate of drug-likeness (QED) is 0.410. The van der Waals surface area contributed by atoms with E-state index in [9.17, 15) is 13.2 Å². The van der Waals surface area contributed by atoms with Crippen molar-refractivity contribution in [2.75, 3.05) is 19.8 Å². The van der Waals surface area contributed by atoms with Gasteiger partial charge in [0.05, 0.1) is 6.54 Å². The van der Waals surface area contributed by atoms with Crippen LogP contribution in [0.3, 0.4) is 0 Å². The number of nitrogens with zero attached hydrogens (tertiary/aromatic N) is 1. The number of alkyl halides is 3. The van der Waals surface area contributed by atoms with Gasteiger partial charge in [0.15, 0.2) is 5.96 Å². The standard InChI is InChI=1S/C16H22F3N3O2/c17-16(18,19)24-14-6-4-12(5-7-14)10-22-15(20)21-8-1-9-23-11-13-2-3-13/h4-7,13H,1-3,8-11H2,(H3,20,21,22). The molecular formula is C16H22F3N3O2. The summed E-state index contributed by atoms with van der Waals surface area (Å²) in [6.07, 6.45) is -1.29. The molecule has 0 spiro atoms. The number of ether oxygens (including phenoxy) is 2. The van der Waals surface area contributed by atoms with E-state index >= 15 is 0 Å². The van der Waals surface area contributed by atoms with Gasteiger partial charge in [-0.15, -0.1) is 13.2 Å². The summed E-state index contributed by atoms with van der Waals surface area (Å²) in [5, 5.41) is 2.97. The molecule has 134 valence electrons. The van der Waals surface area contributed by atoms with Crippen LogP contribution in [0.1, 0.15) is 24.8 Å². The van der Waals surface area contributed by atoms with E-state index in [2.05, 4.69) is 15.0 Å². The van der Waals surface area contributed by atoms with Crippen LogP contribution < -0.4 is 15.8 Å². The van der Waals surface area contributed by atoms with Crippen molar-refractivity contribution < 1.29 is 22.6 Å². The predicted octanol–water partition coefficient (Wildman–Crippen LogP) is 2.81. The second kappa shape index (κ2) is 8.77. The van der Waals surface area contributed by atoms with Crippen molar-refractivity contribution >= 4 is 5.96 Å². The number of rotatable bonds is 9. The van der Waals surface area contributed by atoms with E-state index in [1.807, 2.05) is 0 Å². The third-order valence-electron chi connectivity index (χ3n) is 3.41. The SMILES string of the molecule is NC(=NCc1ccc(OC(F)(F)F)cc1)NCCCOCC1CC1. The fraction of sp³-hybridized carbons (Fsp3) is 0.562. The number of nitrogens with two attached hydrogens (primary N) is 1. The predicted molar refractivity (Wildman–Crippen MR) is 84.6 cm³/mol. The highest BCUT2D eigenvalue weighted by molar-refractivity contribution is 5.77. The number of nitrogens with one attached hydrogen (secondary N) is 1. The normalized spacial score (nSPS) is 15.4. The molecule has 1 aliphatic carbocycles. The number of halogens is 3. The largest absolute Gasteiger partial charge is 0.573 e. The van der Waals surface area contributed by atoms with Gasteiger partial charge >= 0.3 is 6.36 Å². The molecule has 0 aromatic heterocycles. The summed E-state index contributed by atoms with van der Waals surface area (Å²) < 4.78 is 45.5. The maximum absolute atomic E-state index is 12.1. The minimum Gasteiger partial charge on any atom is -0.406 e. The van der Waals surface area contributed by atoms with Gasteiger partial charge in [0.25, 0.3) is 0 Å². The lowest BCUT2D eigenvalue weighted by atomic mass is 10.2. The zero-order valence-corrected chi connectivity index (χ0v) is 13.3. The molecule has 24 heavy (non-hydrogen) atoms. The Labute approximate surface area is 139 Å². The number of hydrogen-bond acceptors (Lipinski definition) is 3. The van der Waals surface area contributed by atoms with Crippen LogP contribution in [0.4, 0.5) is 13.2 Å². The molecule has 0 aliphatic heterocycles. The molecule has 1 aromatic rings. The Morgan fingerprint density at radius 1 is 1.25 bits per heavy atom. The Bertz CT molecular complexity index is 528. The Hall–Kier alpha value is -1.96. The second-order valence-electron chi connectivity index (χ2n) is 5.69. The molecule has 0 radical (unpaired) electrons. The highest BCUT2D eigenvalue weighted by Crippen LogP contribution is 2.28. The van der Waals surface area contributed by atoms with Crippen molar-refractivity contribution in [2.24, 2.45) is 16.6 Å². The van der Waals surface area contributed by atoms with E-state index in [0.717, 1.165) is 24.5 Å². The van der Waals surface area contributed by atoms with Crippen LogP contribution >= 0.6 is 0 Å². The van der Waals surface area contributed by atoms with E-state index in [1.165, 1.54) is 37.1 Å². The Morgan fingerprint density at radius 3 is 2.58 bits per heavy atom. The Kier molecular flexibility index (Phi) is 6.72. The van der Waals surface area contributed by atoms with Crippen LogP contribution in [0.2, 0.25) is 0 Å². The van der Waals surface area contributed by atoms with Gasteiger partial charge in [-0.05, 0) is 42.9 Å². The topological polar surface area (TPSA) is 68.9 Å². The maximum atomic E-state index is 12.1. The van der Waals surface area contributed by atoms with E-state index in [4.69, 9.17) is 10.5 Å². The molecule has 0 saturated heterocycles. The lowest BCUT2D eigenvalue weighted by Crippen LogP contribution is -2.32. The van der Waals surface area contributed by atoms with Crippen molar-refractivity contribution in [3.63, 3.8) is 0 Å². The van der Waals surface area contributed by atoms with Gasteiger partial charge in [0.1, 0.15) is 5.75 Å². The van der Waals surface area contributed by atoms with Gasteiger partial charge in [-0.2, -0.15) is 0 Å². The van der Waals surface area contributed by atoms with Gasteiger partial charge in [0, 0.05) is 19.8 Å². The van der Waals surface area contributed by atoms with E-state index in [-0.39, 0.29) is 12.3 Å². The lowest BCUT2D eigenvalue weighted by molar-refractivity contribution is -0.274. The first-order valence-corrected chi connectivity index (χ1v) is 7.88. The molecule has 2 rings (SSSR count). The molecule has 0 heterocycles. The summed E-state index contributed by atoms with van der Waals surface area (Å²) in [5.74, 6) is 0.804. The first-order valence-electron chi connectivity index (χ1n) is 7.88. The van der Waals surface area contributed by atoms with E-state index < -0.39 is 6.36 Å². The molecule has 5 nitrogen and oxygen atoms in total. The molecule has 1 aliphatic rings. The highest BCUT2D eigenvalue weighted by atomic mass is 19.4. The summed E-state index contributed by atoms with van der Waals surface area (Å²) in [7, 11) is 0. The summed E-state index contributed by atoms with van der Waals surface area (Å²) in [4.78, 5) is 4.13. The number of benzene rings is 1. The Balaban J connectivity index is 1.62. The first kappa shape index (κ1) is 18.4. The summed E-state index contributed by atoms with van der Waals surface area (Å²) in [6.45, 7) is 2.48. The van der Waals surface area contributed by atoms with Crippen molar-refractivity contribution in [3.8, 4) is 5.75 Å². The van der Waals surface area contributed by atoms with Crippen molar-refractivity contribution in [1.82, 2.24) is 5.32 Å². The van der Waals surface area contributed by atoms with Crippen LogP contribution in [0.15, 0.2) is 29.3 Å². The zero-order valence-electron chi connectivity index (χ0n) is 13.3. The van der Waals surface area contributed by atoms with Crippen molar-refractivity contribution in [3.05, 3.63) is 29.8 Å². The Morgan fingerprint density at radius 2 is 1.96 bits per heavy atom. The van der Waals surface area contributed by atoms with Gasteiger partial charge < -0.3 is 20.5 Å². The molecule has 3 N–H and O–H groups in total. The summed E-state index contributed by atoms with van der Waals surface area (Å²) in [6, 6.07) is 5.53. The van der Waals surface area contributed by atoms with Gasteiger partial charge in [0.2, 0.25) is 0 Å². The first-order chi connectivity index (χ1) is 11.4. The zero-order chi connectivity index (χ0) is 17.4. The molecule has 0 unspecified atom stereocenters. The third kappa shape index (κ3) is 8.05. The van der Waals surface area contributed by atoms with Crippen molar-refractivity contribution in [1.29, 1.82) is 0 Å². The number of guanidine groups is 1. The lowest BCUT2D eigenvalue weighted by Gasteiger charge is -2.09. The minimum atomic E-state index is -4.68. The third-order valence-corrected chi connectivity index (χ3v) is 3.41. The molecule has 1 aromatic carbocycles. The highest BCUT2D eigenvalue weighted by Gasteiger charge is 2.30. The fourth-order valence-corrected chi connectivity index (χ4v) is 1.95. The smallest absolute Gasteiger partial charge is 0.406 e. The van der Waals surface area contributed by atoms with E-state index in [0.29, 0.717) is 19.1 Å². The fourth-order valence-electron chi connectivity index (χ4n) is 1.95. The molecule has 8 heteroatoms. The molecule has 0 bridgehead atoms. The number of aliphatic imine (C=N–C) groups is 1. The molecule has 0 atom stereocenters. The van der Waals surface area contributed by atoms with E-state index in [1.54, 1.807) is 0 Å². The molecule has 0 amide bonds. The maximum Gasteiger partial charge on any atom is 0.573 e. The minimum absolute atomic E-state index is 0.257. The molecular weight excluding hydrogens is 323 g/mol. The average Bonchev–Trinajstić information content (AvgIpc) is 3.33. The van der Waals surface area contributed by atoms with Crippen molar-refractivity contribution in [2.45, 2.75) is 32.2 Å². The van der Waals surface area contributed by atoms with Gasteiger partial charge in [-0.3, -0.25) is 0 Å². The van der Waals surface area contributed by atoms with Gasteiger partial charge in [-0.1, -0.05) is 12.1 Å². The average molecular weight is 345 g/mol. The number of hydrogen-bond donors (Lipinski definition) is 2. The molecule has 1 saturated carbocycles. The summed E-state index contributed by atoms with van der Waals surface area (Å²) >= 11 is 0. The van der Waals surface area contributed by atoms with Crippen LogP contribution in [-0.4, -0.2) is 32.1 Å².